The van der Waals surface area contributed by atoms with Crippen molar-refractivity contribution in [1.29, 1.82) is 0 Å². The van der Waals surface area contributed by atoms with Crippen LogP contribution in [0.4, 0.5) is 11.6 Å². The summed E-state index contributed by atoms with van der Waals surface area (Å²) in [6, 6.07) is 14.2. The molecule has 124 valence electrons. The molecule has 0 aliphatic carbocycles. The van der Waals surface area contributed by atoms with Gasteiger partial charge in [0.2, 0.25) is 5.95 Å². The van der Waals surface area contributed by atoms with Crippen molar-refractivity contribution in [3.05, 3.63) is 70.3 Å². The second-order valence-electron chi connectivity index (χ2n) is 5.52. The van der Waals surface area contributed by atoms with E-state index in [1.807, 2.05) is 28.8 Å². The van der Waals surface area contributed by atoms with E-state index in [-0.39, 0.29) is 11.6 Å². The Bertz CT molecular complexity index is 1040. The average Bonchev–Trinajstić information content (AvgIpc) is 2.97. The Balaban J connectivity index is 1.79. The molecule has 0 fully saturated rings. The van der Waals surface area contributed by atoms with Gasteiger partial charge in [-0.3, -0.25) is 20.0 Å². The molecular formula is C17H14N6O2. The summed E-state index contributed by atoms with van der Waals surface area (Å²) in [6.07, 6.45) is 3.01. The highest BCUT2D eigenvalue weighted by Crippen LogP contribution is 2.29. The van der Waals surface area contributed by atoms with Crippen LogP contribution in [0.5, 0.6) is 0 Å². The maximum atomic E-state index is 11.2. The number of aliphatic imine (C=N–C) groups is 1. The number of hydrogen-bond donors (Lipinski definition) is 2. The van der Waals surface area contributed by atoms with Crippen molar-refractivity contribution in [2.75, 3.05) is 5.32 Å². The van der Waals surface area contributed by atoms with E-state index in [9.17, 15) is 10.1 Å². The molecule has 0 saturated carbocycles. The van der Waals surface area contributed by atoms with Crippen molar-refractivity contribution in [2.45, 2.75) is 6.17 Å². The molecule has 8 nitrogen and oxygen atoms in total. The standard InChI is InChI=1S/C17H14N6O2/c18-16-20-15(10-9-11-5-1-3-7-13(11)23(24)25)22-14-8-4-2-6-12(14)19-17(22)21-16/h1-10,15H,(H3,18,19,20,21)/b10-9+. The molecule has 1 unspecified atom stereocenters. The fourth-order valence-electron chi connectivity index (χ4n) is 2.86. The minimum atomic E-state index is -0.441. The highest BCUT2D eigenvalue weighted by molar-refractivity contribution is 5.94. The summed E-state index contributed by atoms with van der Waals surface area (Å²) in [5, 5.41) is 14.1. The molecule has 25 heavy (non-hydrogen) atoms. The molecule has 3 N–H and O–H groups in total. The van der Waals surface area contributed by atoms with Gasteiger partial charge in [0.05, 0.1) is 21.5 Å². The average molecular weight is 334 g/mol. The second-order valence-corrected chi connectivity index (χ2v) is 5.52. The van der Waals surface area contributed by atoms with Gasteiger partial charge in [-0.2, -0.15) is 0 Å². The maximum absolute atomic E-state index is 11.2. The Kier molecular flexibility index (Phi) is 3.42. The zero-order chi connectivity index (χ0) is 17.4. The lowest BCUT2D eigenvalue weighted by molar-refractivity contribution is -0.385. The predicted octanol–water partition coefficient (Wildman–Crippen LogP) is 2.90. The van der Waals surface area contributed by atoms with E-state index in [0.29, 0.717) is 11.5 Å². The van der Waals surface area contributed by atoms with Crippen LogP contribution in [0, 0.1) is 10.1 Å². The molecule has 0 bridgehead atoms. The number of imidazole rings is 1. The lowest BCUT2D eigenvalue weighted by Crippen LogP contribution is -2.30. The van der Waals surface area contributed by atoms with Crippen LogP contribution in [0.2, 0.25) is 0 Å². The van der Waals surface area contributed by atoms with Gasteiger partial charge in [0.25, 0.3) is 5.69 Å². The number of fused-ring (bicyclic) bond motifs is 3. The molecule has 2 heterocycles. The Labute approximate surface area is 142 Å². The summed E-state index contributed by atoms with van der Waals surface area (Å²) < 4.78 is 1.90. The number of rotatable bonds is 3. The first-order chi connectivity index (χ1) is 12.1. The van der Waals surface area contributed by atoms with Crippen LogP contribution in [0.3, 0.4) is 0 Å². The molecule has 4 rings (SSSR count). The minimum Gasteiger partial charge on any atom is -0.370 e. The van der Waals surface area contributed by atoms with Gasteiger partial charge in [-0.05, 0) is 30.4 Å². The number of guanidine groups is 1. The molecule has 1 aromatic heterocycles. The zero-order valence-electron chi connectivity index (χ0n) is 13.0. The van der Waals surface area contributed by atoms with E-state index in [4.69, 9.17) is 5.73 Å². The number of benzene rings is 2. The van der Waals surface area contributed by atoms with Crippen molar-refractivity contribution >= 4 is 34.7 Å². The van der Waals surface area contributed by atoms with Crippen molar-refractivity contribution in [3.63, 3.8) is 0 Å². The predicted molar refractivity (Wildman–Crippen MR) is 96.1 cm³/mol. The molecule has 1 atom stereocenters. The van der Waals surface area contributed by atoms with Crippen molar-refractivity contribution in [2.24, 2.45) is 10.7 Å². The van der Waals surface area contributed by atoms with Crippen LogP contribution in [0.25, 0.3) is 17.1 Å². The van der Waals surface area contributed by atoms with Crippen molar-refractivity contribution in [3.8, 4) is 0 Å². The fourth-order valence-corrected chi connectivity index (χ4v) is 2.86. The minimum absolute atomic E-state index is 0.0420. The molecule has 1 aliphatic heterocycles. The number of para-hydroxylation sites is 3. The third kappa shape index (κ3) is 2.59. The molecule has 0 radical (unpaired) electrons. The number of nitro benzene ring substituents is 1. The Morgan fingerprint density at radius 2 is 1.96 bits per heavy atom. The van der Waals surface area contributed by atoms with Gasteiger partial charge < -0.3 is 5.73 Å². The van der Waals surface area contributed by atoms with E-state index in [1.54, 1.807) is 30.4 Å². The third-order valence-corrected chi connectivity index (χ3v) is 3.95. The Morgan fingerprint density at radius 3 is 2.80 bits per heavy atom. The van der Waals surface area contributed by atoms with Gasteiger partial charge >= 0.3 is 0 Å². The summed E-state index contributed by atoms with van der Waals surface area (Å²) in [5.41, 5.74) is 8.12. The van der Waals surface area contributed by atoms with Crippen molar-refractivity contribution < 1.29 is 4.92 Å². The summed E-state index contributed by atoms with van der Waals surface area (Å²) in [5.74, 6) is 0.839. The smallest absolute Gasteiger partial charge is 0.276 e. The molecular weight excluding hydrogens is 320 g/mol. The summed E-state index contributed by atoms with van der Waals surface area (Å²) >= 11 is 0. The second kappa shape index (κ2) is 5.75. The van der Waals surface area contributed by atoms with Crippen LogP contribution < -0.4 is 11.1 Å². The molecule has 2 aromatic carbocycles. The van der Waals surface area contributed by atoms with E-state index in [2.05, 4.69) is 15.3 Å². The van der Waals surface area contributed by atoms with Gasteiger partial charge in [-0.25, -0.2) is 9.98 Å². The first-order valence-corrected chi connectivity index (χ1v) is 7.62. The van der Waals surface area contributed by atoms with E-state index in [1.165, 1.54) is 6.07 Å². The van der Waals surface area contributed by atoms with Crippen LogP contribution in [-0.2, 0) is 0 Å². The highest BCUT2D eigenvalue weighted by atomic mass is 16.6. The normalized spacial score (nSPS) is 16.5. The van der Waals surface area contributed by atoms with Gasteiger partial charge in [-0.1, -0.05) is 24.3 Å². The molecule has 0 spiro atoms. The monoisotopic (exact) mass is 334 g/mol. The molecule has 0 saturated heterocycles. The topological polar surface area (TPSA) is 111 Å². The van der Waals surface area contributed by atoms with E-state index < -0.39 is 11.1 Å². The van der Waals surface area contributed by atoms with Gasteiger partial charge in [0.1, 0.15) is 0 Å². The number of nitrogens with one attached hydrogen (secondary N) is 1. The number of nitrogens with two attached hydrogens (primary N) is 1. The molecule has 0 amide bonds. The maximum Gasteiger partial charge on any atom is 0.276 e. The highest BCUT2D eigenvalue weighted by Gasteiger charge is 2.22. The first kappa shape index (κ1) is 14.9. The molecule has 3 aromatic rings. The number of nitrogens with zero attached hydrogens (tertiary/aromatic N) is 4. The van der Waals surface area contributed by atoms with Crippen LogP contribution >= 0.6 is 0 Å². The largest absolute Gasteiger partial charge is 0.370 e. The number of nitro groups is 1. The van der Waals surface area contributed by atoms with Crippen molar-refractivity contribution in [1.82, 2.24) is 9.55 Å². The Morgan fingerprint density at radius 1 is 1.20 bits per heavy atom. The number of anilines is 1. The fraction of sp³-hybridized carbons (Fsp3) is 0.0588. The van der Waals surface area contributed by atoms with Crippen LogP contribution in [0.1, 0.15) is 11.7 Å². The molecule has 1 aliphatic rings. The third-order valence-electron chi connectivity index (χ3n) is 3.95. The van der Waals surface area contributed by atoms with Crippen LogP contribution in [0.15, 0.2) is 59.6 Å². The first-order valence-electron chi connectivity index (χ1n) is 7.62. The van der Waals surface area contributed by atoms with Gasteiger partial charge in [-0.15, -0.1) is 0 Å². The lowest BCUT2D eigenvalue weighted by atomic mass is 10.1. The van der Waals surface area contributed by atoms with E-state index >= 15 is 0 Å². The quantitative estimate of drug-likeness (QED) is 0.565. The van der Waals surface area contributed by atoms with Gasteiger partial charge in [0, 0.05) is 6.07 Å². The SMILES string of the molecule is NC1=NC(/C=C/c2ccccc2[N+](=O)[O-])n2c(nc3ccccc32)N1. The van der Waals surface area contributed by atoms with Gasteiger partial charge in [0.15, 0.2) is 12.1 Å². The Hall–Kier alpha value is -3.68. The zero-order valence-corrected chi connectivity index (χ0v) is 13.0. The van der Waals surface area contributed by atoms with E-state index in [0.717, 1.165) is 11.0 Å². The molecule has 8 heteroatoms. The van der Waals surface area contributed by atoms with Crippen LogP contribution in [-0.4, -0.2) is 20.4 Å². The number of hydrogen-bond acceptors (Lipinski definition) is 6. The summed E-state index contributed by atoms with van der Waals surface area (Å²) in [4.78, 5) is 19.6. The lowest BCUT2D eigenvalue weighted by Gasteiger charge is -2.21. The number of aromatic nitrogens is 2. The summed E-state index contributed by atoms with van der Waals surface area (Å²) in [7, 11) is 0. The summed E-state index contributed by atoms with van der Waals surface area (Å²) in [6.45, 7) is 0.